The zero-order valence-corrected chi connectivity index (χ0v) is 13.4. The number of hydrogen-bond acceptors (Lipinski definition) is 4. The van der Waals surface area contributed by atoms with Crippen LogP contribution >= 0.6 is 0 Å². The van der Waals surface area contributed by atoms with E-state index >= 15 is 0 Å². The van der Waals surface area contributed by atoms with E-state index in [9.17, 15) is 0 Å². The summed E-state index contributed by atoms with van der Waals surface area (Å²) < 4.78 is 0. The summed E-state index contributed by atoms with van der Waals surface area (Å²) in [6.45, 7) is 5.67. The van der Waals surface area contributed by atoms with Crippen molar-refractivity contribution < 1.29 is 0 Å². The van der Waals surface area contributed by atoms with Gasteiger partial charge >= 0.3 is 0 Å². The highest BCUT2D eigenvalue weighted by atomic mass is 15.4. The summed E-state index contributed by atoms with van der Waals surface area (Å²) in [6.07, 6.45) is 7.67. The molecule has 2 N–H and O–H groups in total. The van der Waals surface area contributed by atoms with Gasteiger partial charge in [0.15, 0.2) is 0 Å². The zero-order valence-electron chi connectivity index (χ0n) is 13.4. The molecule has 0 aromatic carbocycles. The third kappa shape index (κ3) is 3.57. The van der Waals surface area contributed by atoms with Gasteiger partial charge in [-0.2, -0.15) is 4.98 Å². The Morgan fingerprint density at radius 3 is 2.52 bits per heavy atom. The fraction of sp³-hybridized carbons (Fsp3) is 0.875. The molecule has 0 atom stereocenters. The largest absolute Gasteiger partial charge is 0.340 e. The topological polar surface area (TPSA) is 56.8 Å². The minimum absolute atomic E-state index is 0.601. The summed E-state index contributed by atoms with van der Waals surface area (Å²) in [5, 5.41) is 11.0. The van der Waals surface area contributed by atoms with E-state index in [1.54, 1.807) is 0 Å². The predicted molar refractivity (Wildman–Crippen MR) is 85.6 cm³/mol. The Hall–Kier alpha value is -1.10. The van der Waals surface area contributed by atoms with E-state index in [0.717, 1.165) is 43.2 Å². The van der Waals surface area contributed by atoms with Gasteiger partial charge in [-0.15, -0.1) is 5.10 Å². The first kappa shape index (κ1) is 14.8. The van der Waals surface area contributed by atoms with Gasteiger partial charge in [0.25, 0.3) is 0 Å². The number of aromatic nitrogens is 3. The lowest BCUT2D eigenvalue weighted by Gasteiger charge is -2.31. The van der Waals surface area contributed by atoms with Gasteiger partial charge in [-0.3, -0.25) is 5.10 Å². The molecule has 1 aromatic rings. The Balaban J connectivity index is 1.56. The fourth-order valence-corrected chi connectivity index (χ4v) is 3.75. The molecule has 0 bridgehead atoms. The third-order valence-electron chi connectivity index (χ3n) is 5.28. The second kappa shape index (κ2) is 6.77. The maximum Gasteiger partial charge on any atom is 0.244 e. The number of nitrogens with one attached hydrogen (secondary N) is 2. The number of piperidine rings is 1. The Morgan fingerprint density at radius 2 is 1.86 bits per heavy atom. The molecule has 0 amide bonds. The van der Waals surface area contributed by atoms with E-state index in [2.05, 4.69) is 27.3 Å². The number of H-pyrrole nitrogens is 1. The van der Waals surface area contributed by atoms with Crippen molar-refractivity contribution >= 4 is 5.95 Å². The zero-order chi connectivity index (χ0) is 14.7. The summed E-state index contributed by atoms with van der Waals surface area (Å²) in [6, 6.07) is 0. The molecule has 1 aliphatic heterocycles. The van der Waals surface area contributed by atoms with Gasteiger partial charge in [-0.05, 0) is 51.1 Å². The lowest BCUT2D eigenvalue weighted by Crippen LogP contribution is -2.37. The number of nitrogens with zero attached hydrogens (tertiary/aromatic N) is 3. The number of anilines is 1. The molecule has 21 heavy (non-hydrogen) atoms. The van der Waals surface area contributed by atoms with Gasteiger partial charge < -0.3 is 10.2 Å². The van der Waals surface area contributed by atoms with Crippen LogP contribution in [-0.4, -0.2) is 41.9 Å². The van der Waals surface area contributed by atoms with Gasteiger partial charge in [0.05, 0.1) is 0 Å². The molecule has 1 aromatic heterocycles. The number of aromatic amines is 1. The first-order valence-electron chi connectivity index (χ1n) is 8.58. The summed E-state index contributed by atoms with van der Waals surface area (Å²) in [5.41, 5.74) is 0. The molecule has 1 saturated carbocycles. The van der Waals surface area contributed by atoms with E-state index in [0.29, 0.717) is 5.92 Å². The molecule has 118 valence electrons. The maximum atomic E-state index is 4.80. The first-order chi connectivity index (χ1) is 10.3. The molecule has 1 aliphatic carbocycles. The molecule has 2 aliphatic rings. The molecular weight excluding hydrogens is 262 g/mol. The van der Waals surface area contributed by atoms with E-state index in [-0.39, 0.29) is 0 Å². The van der Waals surface area contributed by atoms with Gasteiger partial charge in [-0.1, -0.05) is 19.8 Å². The van der Waals surface area contributed by atoms with Gasteiger partial charge in [0.1, 0.15) is 5.82 Å². The van der Waals surface area contributed by atoms with Crippen LogP contribution in [0.5, 0.6) is 0 Å². The smallest absolute Gasteiger partial charge is 0.244 e. The highest BCUT2D eigenvalue weighted by molar-refractivity contribution is 5.30. The monoisotopic (exact) mass is 291 g/mol. The second-order valence-electron chi connectivity index (χ2n) is 6.97. The first-order valence-corrected chi connectivity index (χ1v) is 8.58. The molecule has 3 rings (SSSR count). The molecule has 5 nitrogen and oxygen atoms in total. The summed E-state index contributed by atoms with van der Waals surface area (Å²) in [5.74, 6) is 4.34. The fourth-order valence-electron chi connectivity index (χ4n) is 3.75. The minimum atomic E-state index is 0.601. The van der Waals surface area contributed by atoms with Crippen LogP contribution in [0, 0.1) is 11.8 Å². The van der Waals surface area contributed by atoms with Crippen LogP contribution in [-0.2, 0) is 0 Å². The number of rotatable bonds is 4. The second-order valence-corrected chi connectivity index (χ2v) is 6.97. The minimum Gasteiger partial charge on any atom is -0.340 e. The standard InChI is InChI=1S/C16H29N5/c1-12-3-5-14(6-4-12)15-18-16(20-19-15)21-9-7-13(8-10-21)11-17-2/h12-14,17H,3-11H2,1-2H3,(H,18,19,20). The van der Waals surface area contributed by atoms with Crippen molar-refractivity contribution in [2.24, 2.45) is 11.8 Å². The SMILES string of the molecule is CNCC1CCN(c2n[nH]c(C3CCC(C)CC3)n2)CC1. The molecule has 2 fully saturated rings. The van der Waals surface area contributed by atoms with E-state index in [4.69, 9.17) is 4.98 Å². The Labute approximate surface area is 127 Å². The molecular formula is C16H29N5. The van der Waals surface area contributed by atoms with Gasteiger partial charge in [0.2, 0.25) is 5.95 Å². The molecule has 0 spiro atoms. The quantitative estimate of drug-likeness (QED) is 0.895. The van der Waals surface area contributed by atoms with Crippen LogP contribution in [0.3, 0.4) is 0 Å². The number of hydrogen-bond donors (Lipinski definition) is 2. The molecule has 0 radical (unpaired) electrons. The van der Waals surface area contributed by atoms with E-state index in [1.807, 2.05) is 7.05 Å². The normalized spacial score (nSPS) is 28.0. The van der Waals surface area contributed by atoms with Gasteiger partial charge in [-0.25, -0.2) is 0 Å². The van der Waals surface area contributed by atoms with Crippen molar-refractivity contribution in [2.45, 2.75) is 51.4 Å². The van der Waals surface area contributed by atoms with Crippen LogP contribution < -0.4 is 10.2 Å². The highest BCUT2D eigenvalue weighted by Crippen LogP contribution is 2.34. The van der Waals surface area contributed by atoms with Crippen molar-refractivity contribution in [1.29, 1.82) is 0 Å². The highest BCUT2D eigenvalue weighted by Gasteiger charge is 2.25. The third-order valence-corrected chi connectivity index (χ3v) is 5.28. The van der Waals surface area contributed by atoms with Gasteiger partial charge in [0, 0.05) is 19.0 Å². The van der Waals surface area contributed by atoms with Crippen LogP contribution in [0.25, 0.3) is 0 Å². The molecule has 5 heteroatoms. The van der Waals surface area contributed by atoms with Crippen LogP contribution in [0.4, 0.5) is 5.95 Å². The van der Waals surface area contributed by atoms with Crippen molar-refractivity contribution in [2.75, 3.05) is 31.6 Å². The molecule has 0 unspecified atom stereocenters. The summed E-state index contributed by atoms with van der Waals surface area (Å²) in [4.78, 5) is 7.14. The molecule has 1 saturated heterocycles. The lowest BCUT2D eigenvalue weighted by atomic mass is 9.83. The van der Waals surface area contributed by atoms with E-state index in [1.165, 1.54) is 38.5 Å². The maximum absolute atomic E-state index is 4.80. The van der Waals surface area contributed by atoms with Crippen molar-refractivity contribution in [1.82, 2.24) is 20.5 Å². The Morgan fingerprint density at radius 1 is 1.14 bits per heavy atom. The van der Waals surface area contributed by atoms with Crippen LogP contribution in [0.2, 0.25) is 0 Å². The van der Waals surface area contributed by atoms with E-state index < -0.39 is 0 Å². The average molecular weight is 291 g/mol. The Kier molecular flexibility index (Phi) is 4.78. The Bertz CT molecular complexity index is 428. The summed E-state index contributed by atoms with van der Waals surface area (Å²) >= 11 is 0. The molecule has 2 heterocycles. The van der Waals surface area contributed by atoms with Crippen molar-refractivity contribution in [3.8, 4) is 0 Å². The van der Waals surface area contributed by atoms with Crippen molar-refractivity contribution in [3.63, 3.8) is 0 Å². The lowest BCUT2D eigenvalue weighted by molar-refractivity contribution is 0.340. The van der Waals surface area contributed by atoms with Crippen LogP contribution in [0.15, 0.2) is 0 Å². The average Bonchev–Trinajstić information content (AvgIpc) is 2.99. The summed E-state index contributed by atoms with van der Waals surface area (Å²) in [7, 11) is 2.04. The predicted octanol–water partition coefficient (Wildman–Crippen LogP) is 2.53. The van der Waals surface area contributed by atoms with Crippen molar-refractivity contribution in [3.05, 3.63) is 5.82 Å². The van der Waals surface area contributed by atoms with Crippen LogP contribution in [0.1, 0.15) is 57.2 Å².